The monoisotopic (exact) mass is 630 g/mol. The first kappa shape index (κ1) is 33.1. The standard InChI is InChI=1S/C31H37F3N6O3S/c1-3-40-28(15-23(17-35)29(42)37-20-31(32,33)34)44-26(30(40)43)11-13-36-24-9-6-10-25(16-24)38(2)27(41)19-39-14-12-21-7-4-5-8-22(21)18-39/h4-10,16,23,26,28,36H,3,11-15,18-20H2,1-2H3,(H,37,42). The molecule has 2 aromatic rings. The number of likely N-dealkylation sites (N-methyl/N-ethyl adjacent to an activating group) is 1. The summed E-state index contributed by atoms with van der Waals surface area (Å²) in [5.74, 6) is -2.44. The molecule has 0 aliphatic carbocycles. The predicted molar refractivity (Wildman–Crippen MR) is 164 cm³/mol. The molecular weight excluding hydrogens is 593 g/mol. The Bertz CT molecular complexity index is 1380. The van der Waals surface area contributed by atoms with Crippen molar-refractivity contribution in [3.8, 4) is 6.07 Å². The molecule has 44 heavy (non-hydrogen) atoms. The summed E-state index contributed by atoms with van der Waals surface area (Å²) >= 11 is 1.32. The highest BCUT2D eigenvalue weighted by molar-refractivity contribution is 8.01. The minimum atomic E-state index is -4.58. The van der Waals surface area contributed by atoms with Gasteiger partial charge in [-0.25, -0.2) is 0 Å². The number of rotatable bonds is 12. The summed E-state index contributed by atoms with van der Waals surface area (Å²) < 4.78 is 37.5. The summed E-state index contributed by atoms with van der Waals surface area (Å²) in [5, 5.41) is 13.6. The number of nitrogens with zero attached hydrogens (tertiary/aromatic N) is 4. The van der Waals surface area contributed by atoms with Gasteiger partial charge in [-0.1, -0.05) is 30.3 Å². The van der Waals surface area contributed by atoms with Crippen molar-refractivity contribution in [1.29, 1.82) is 5.26 Å². The number of hydrogen-bond acceptors (Lipinski definition) is 7. The van der Waals surface area contributed by atoms with Gasteiger partial charge in [0.05, 0.1) is 23.2 Å². The molecule has 2 aliphatic heterocycles. The van der Waals surface area contributed by atoms with E-state index in [1.165, 1.54) is 22.9 Å². The third-order valence-corrected chi connectivity index (χ3v) is 9.38. The lowest BCUT2D eigenvalue weighted by molar-refractivity contribution is -0.140. The number of carbonyl (C=O) groups is 3. The zero-order chi connectivity index (χ0) is 31.9. The van der Waals surface area contributed by atoms with Crippen molar-refractivity contribution in [1.82, 2.24) is 15.1 Å². The van der Waals surface area contributed by atoms with Gasteiger partial charge in [0, 0.05) is 51.0 Å². The van der Waals surface area contributed by atoms with E-state index < -0.39 is 35.2 Å². The Morgan fingerprint density at radius 3 is 2.64 bits per heavy atom. The van der Waals surface area contributed by atoms with E-state index in [1.54, 1.807) is 35.2 Å². The van der Waals surface area contributed by atoms with Crippen molar-refractivity contribution in [2.75, 3.05) is 50.0 Å². The van der Waals surface area contributed by atoms with Gasteiger partial charge in [0.1, 0.15) is 12.5 Å². The number of hydrogen-bond donors (Lipinski definition) is 2. The number of benzene rings is 2. The fourth-order valence-electron chi connectivity index (χ4n) is 5.42. The van der Waals surface area contributed by atoms with Gasteiger partial charge in [-0.3, -0.25) is 19.3 Å². The number of amides is 3. The fourth-order valence-corrected chi connectivity index (χ4v) is 7.00. The summed E-state index contributed by atoms with van der Waals surface area (Å²) in [7, 11) is 1.75. The van der Waals surface area contributed by atoms with Crippen molar-refractivity contribution >= 4 is 40.9 Å². The molecule has 0 aromatic heterocycles. The number of alkyl halides is 3. The Balaban J connectivity index is 1.27. The molecule has 9 nitrogen and oxygen atoms in total. The molecule has 2 aromatic carbocycles. The van der Waals surface area contributed by atoms with Crippen LogP contribution >= 0.6 is 11.8 Å². The second-order valence-corrected chi connectivity index (χ2v) is 12.3. The van der Waals surface area contributed by atoms with E-state index in [9.17, 15) is 32.8 Å². The van der Waals surface area contributed by atoms with E-state index in [4.69, 9.17) is 0 Å². The topological polar surface area (TPSA) is 109 Å². The molecule has 13 heteroatoms. The molecule has 2 heterocycles. The molecule has 0 radical (unpaired) electrons. The molecule has 2 aliphatic rings. The molecule has 0 bridgehead atoms. The van der Waals surface area contributed by atoms with Gasteiger partial charge >= 0.3 is 6.18 Å². The summed E-state index contributed by atoms with van der Waals surface area (Å²) in [4.78, 5) is 43.7. The lowest BCUT2D eigenvalue weighted by Crippen LogP contribution is -2.40. The van der Waals surface area contributed by atoms with E-state index in [0.29, 0.717) is 26.1 Å². The molecular formula is C31H37F3N6O3S. The van der Waals surface area contributed by atoms with E-state index in [-0.39, 0.29) is 18.2 Å². The summed E-state index contributed by atoms with van der Waals surface area (Å²) in [6.45, 7) is 2.97. The number of thioether (sulfide) groups is 1. The normalized spacial score (nSPS) is 19.2. The number of nitriles is 1. The molecule has 3 unspecified atom stereocenters. The molecule has 2 N–H and O–H groups in total. The van der Waals surface area contributed by atoms with E-state index in [0.717, 1.165) is 30.9 Å². The third-order valence-electron chi connectivity index (χ3n) is 7.85. The first-order chi connectivity index (χ1) is 21.0. The summed E-state index contributed by atoms with van der Waals surface area (Å²) in [5.41, 5.74) is 4.12. The molecule has 0 saturated carbocycles. The predicted octanol–water partition coefficient (Wildman–Crippen LogP) is 4.01. The van der Waals surface area contributed by atoms with Gasteiger partial charge in [-0.15, -0.1) is 11.8 Å². The smallest absolute Gasteiger partial charge is 0.385 e. The van der Waals surface area contributed by atoms with Gasteiger partial charge in [0.25, 0.3) is 0 Å². The maximum absolute atomic E-state index is 13.1. The molecule has 3 atom stereocenters. The molecule has 0 spiro atoms. The molecule has 1 saturated heterocycles. The molecule has 3 amide bonds. The highest BCUT2D eigenvalue weighted by Gasteiger charge is 2.41. The number of halogens is 3. The van der Waals surface area contributed by atoms with Crippen molar-refractivity contribution in [3.63, 3.8) is 0 Å². The van der Waals surface area contributed by atoms with Crippen LogP contribution in [0.25, 0.3) is 0 Å². The van der Waals surface area contributed by atoms with Crippen LogP contribution in [0.15, 0.2) is 48.5 Å². The highest BCUT2D eigenvalue weighted by Crippen LogP contribution is 2.37. The Kier molecular flexibility index (Phi) is 11.2. The third kappa shape index (κ3) is 8.66. The zero-order valence-corrected chi connectivity index (χ0v) is 25.6. The number of fused-ring (bicyclic) bond motifs is 1. The van der Waals surface area contributed by atoms with Gasteiger partial charge in [0.15, 0.2) is 0 Å². The van der Waals surface area contributed by atoms with Gasteiger partial charge in [-0.2, -0.15) is 18.4 Å². The second-order valence-electron chi connectivity index (χ2n) is 10.9. The minimum absolute atomic E-state index is 0.0112. The fraction of sp³-hybridized carbons (Fsp3) is 0.484. The lowest BCUT2D eigenvalue weighted by atomic mass is 10.00. The highest BCUT2D eigenvalue weighted by atomic mass is 32.2. The Hall–Kier alpha value is -3.76. The molecule has 1 fully saturated rings. The van der Waals surface area contributed by atoms with Crippen LogP contribution < -0.4 is 15.5 Å². The Labute approximate surface area is 259 Å². The summed E-state index contributed by atoms with van der Waals surface area (Å²) in [6, 6.07) is 17.6. The maximum atomic E-state index is 13.1. The van der Waals surface area contributed by atoms with Crippen LogP contribution in [0.3, 0.4) is 0 Å². The average molecular weight is 631 g/mol. The van der Waals surface area contributed by atoms with Crippen molar-refractivity contribution in [2.45, 2.75) is 49.5 Å². The lowest BCUT2D eigenvalue weighted by Gasteiger charge is -2.29. The van der Waals surface area contributed by atoms with Gasteiger partial charge in [0.2, 0.25) is 17.7 Å². The Morgan fingerprint density at radius 2 is 1.93 bits per heavy atom. The molecule has 236 valence electrons. The number of nitrogens with one attached hydrogen (secondary N) is 2. The van der Waals surface area contributed by atoms with Crippen LogP contribution in [0, 0.1) is 17.2 Å². The van der Waals surface area contributed by atoms with Crippen LogP contribution in [-0.2, 0) is 27.3 Å². The first-order valence-corrected chi connectivity index (χ1v) is 15.5. The van der Waals surface area contributed by atoms with Gasteiger partial charge < -0.3 is 20.4 Å². The van der Waals surface area contributed by atoms with Crippen LogP contribution in [0.2, 0.25) is 0 Å². The SMILES string of the molecule is CCN1C(=O)C(CCNc2cccc(N(C)C(=O)CN3CCc4ccccc4C3)c2)SC1CC(C#N)C(=O)NCC(F)(F)F. The van der Waals surface area contributed by atoms with Crippen molar-refractivity contribution in [3.05, 3.63) is 59.7 Å². The average Bonchev–Trinajstić information content (AvgIpc) is 3.31. The van der Waals surface area contributed by atoms with E-state index >= 15 is 0 Å². The van der Waals surface area contributed by atoms with Crippen LogP contribution in [-0.4, -0.2) is 84.1 Å². The zero-order valence-electron chi connectivity index (χ0n) is 24.8. The van der Waals surface area contributed by atoms with E-state index in [2.05, 4.69) is 22.3 Å². The number of carbonyl (C=O) groups excluding carboxylic acids is 3. The van der Waals surface area contributed by atoms with Crippen molar-refractivity contribution in [2.24, 2.45) is 5.92 Å². The second kappa shape index (κ2) is 14.8. The summed E-state index contributed by atoms with van der Waals surface area (Å²) in [6.07, 6.45) is -3.25. The van der Waals surface area contributed by atoms with E-state index in [1.807, 2.05) is 36.4 Å². The van der Waals surface area contributed by atoms with Gasteiger partial charge in [-0.05, 0) is 49.1 Å². The van der Waals surface area contributed by atoms with Crippen LogP contribution in [0.1, 0.15) is 30.9 Å². The van der Waals surface area contributed by atoms with Crippen LogP contribution in [0.4, 0.5) is 24.5 Å². The quantitative estimate of drug-likeness (QED) is 0.365. The largest absolute Gasteiger partial charge is 0.405 e. The minimum Gasteiger partial charge on any atom is -0.385 e. The molecule has 4 rings (SSSR count). The number of anilines is 2. The maximum Gasteiger partial charge on any atom is 0.405 e. The van der Waals surface area contributed by atoms with Crippen molar-refractivity contribution < 1.29 is 27.6 Å². The Morgan fingerprint density at radius 1 is 1.18 bits per heavy atom. The van der Waals surface area contributed by atoms with Crippen LogP contribution in [0.5, 0.6) is 0 Å². The first-order valence-electron chi connectivity index (χ1n) is 14.6.